The van der Waals surface area contributed by atoms with E-state index in [1.807, 2.05) is 42.5 Å². The highest BCUT2D eigenvalue weighted by Gasteiger charge is 2.19. The fourth-order valence-electron chi connectivity index (χ4n) is 3.52. The van der Waals surface area contributed by atoms with E-state index in [2.05, 4.69) is 5.32 Å². The lowest BCUT2D eigenvalue weighted by molar-refractivity contribution is 0.0999. The molecule has 3 N–H and O–H groups in total. The molecule has 0 radical (unpaired) electrons. The molecule has 7 nitrogen and oxygen atoms in total. The normalized spacial score (nSPS) is 11.5. The third-order valence-corrected chi connectivity index (χ3v) is 5.91. The Bertz CT molecular complexity index is 1390. The summed E-state index contributed by atoms with van der Waals surface area (Å²) in [6, 6.07) is 25.4. The third kappa shape index (κ3) is 5.43. The summed E-state index contributed by atoms with van der Waals surface area (Å²) in [5.41, 5.74) is 7.93. The lowest BCUT2D eigenvalue weighted by atomic mass is 10.0. The quantitative estimate of drug-likeness (QED) is 0.364. The van der Waals surface area contributed by atoms with Gasteiger partial charge in [-0.1, -0.05) is 42.5 Å². The second-order valence-corrected chi connectivity index (χ2v) is 8.28. The van der Waals surface area contributed by atoms with Crippen LogP contribution in [0.3, 0.4) is 0 Å². The molecule has 0 spiro atoms. The lowest BCUT2D eigenvalue weighted by Gasteiger charge is -2.28. The first-order valence-corrected chi connectivity index (χ1v) is 11.4. The first kappa shape index (κ1) is 23.8. The lowest BCUT2D eigenvalue weighted by Crippen LogP contribution is -2.24. The van der Waals surface area contributed by atoms with Crippen molar-refractivity contribution < 1.29 is 22.7 Å². The van der Waals surface area contributed by atoms with Crippen LogP contribution in [0.1, 0.15) is 20.7 Å². The van der Waals surface area contributed by atoms with Gasteiger partial charge in [0.1, 0.15) is 5.82 Å². The summed E-state index contributed by atoms with van der Waals surface area (Å²) in [5, 5.41) is 2.70. The van der Waals surface area contributed by atoms with Crippen LogP contribution in [0.2, 0.25) is 0 Å². The zero-order valence-corrected chi connectivity index (χ0v) is 19.0. The number of anilines is 3. The van der Waals surface area contributed by atoms with E-state index < -0.39 is 28.9 Å². The van der Waals surface area contributed by atoms with Crippen molar-refractivity contribution >= 4 is 40.1 Å². The Labute approximate surface area is 203 Å². The van der Waals surface area contributed by atoms with Crippen LogP contribution in [0.25, 0.3) is 11.1 Å². The van der Waals surface area contributed by atoms with Crippen molar-refractivity contribution in [3.63, 3.8) is 0 Å². The number of nitrogens with two attached hydrogens (primary N) is 1. The minimum absolute atomic E-state index is 0.0854. The summed E-state index contributed by atoms with van der Waals surface area (Å²) in [6.07, 6.45) is 0. The van der Waals surface area contributed by atoms with Crippen molar-refractivity contribution in [1.82, 2.24) is 0 Å². The maximum Gasteiger partial charge on any atom is 0.255 e. The van der Waals surface area contributed by atoms with Gasteiger partial charge in [0.2, 0.25) is 0 Å². The van der Waals surface area contributed by atoms with Gasteiger partial charge in [-0.15, -0.1) is 0 Å². The van der Waals surface area contributed by atoms with Crippen molar-refractivity contribution in [3.8, 4) is 11.1 Å². The van der Waals surface area contributed by atoms with Gasteiger partial charge in [0.05, 0.1) is 28.2 Å². The molecule has 176 valence electrons. The number of nitrogens with one attached hydrogen (secondary N) is 1. The van der Waals surface area contributed by atoms with Crippen molar-refractivity contribution in [2.45, 2.75) is 0 Å². The van der Waals surface area contributed by atoms with Crippen molar-refractivity contribution in [2.24, 2.45) is 5.73 Å². The molecule has 0 saturated heterocycles. The first-order chi connectivity index (χ1) is 16.8. The molecule has 0 saturated carbocycles. The van der Waals surface area contributed by atoms with Crippen LogP contribution in [0.5, 0.6) is 0 Å². The minimum atomic E-state index is -2.88. The monoisotopic (exact) mass is 488 g/mol. The van der Waals surface area contributed by atoms with Gasteiger partial charge < -0.3 is 15.6 Å². The van der Waals surface area contributed by atoms with Crippen LogP contribution in [-0.2, 0) is 11.3 Å². The molecule has 0 fully saturated rings. The van der Waals surface area contributed by atoms with Crippen LogP contribution in [0.15, 0.2) is 97.1 Å². The molecule has 1 atom stereocenters. The van der Waals surface area contributed by atoms with Gasteiger partial charge in [0, 0.05) is 11.3 Å². The summed E-state index contributed by atoms with van der Waals surface area (Å²) in [4.78, 5) is 24.8. The van der Waals surface area contributed by atoms with Crippen molar-refractivity contribution in [3.05, 3.63) is 114 Å². The molecule has 4 aromatic carbocycles. The predicted molar refractivity (Wildman–Crippen MR) is 132 cm³/mol. The smallest absolute Gasteiger partial charge is 0.255 e. The summed E-state index contributed by atoms with van der Waals surface area (Å²) in [5.74, 6) is -1.86. The van der Waals surface area contributed by atoms with Crippen LogP contribution in [0, 0.1) is 5.82 Å². The van der Waals surface area contributed by atoms with Gasteiger partial charge in [-0.3, -0.25) is 18.1 Å². The third-order valence-electron chi connectivity index (χ3n) is 5.20. The van der Waals surface area contributed by atoms with E-state index in [0.29, 0.717) is 5.56 Å². The van der Waals surface area contributed by atoms with Gasteiger partial charge in [0.25, 0.3) is 11.8 Å². The fourth-order valence-corrected chi connectivity index (χ4v) is 4.12. The Kier molecular flexibility index (Phi) is 7.00. The highest BCUT2D eigenvalue weighted by molar-refractivity contribution is 7.81. The average molecular weight is 489 g/mol. The Balaban J connectivity index is 1.64. The zero-order valence-electron chi connectivity index (χ0n) is 18.2. The van der Waals surface area contributed by atoms with Crippen LogP contribution >= 0.6 is 0 Å². The van der Waals surface area contributed by atoms with Gasteiger partial charge in [0.15, 0.2) is 0 Å². The van der Waals surface area contributed by atoms with E-state index >= 15 is 0 Å². The highest BCUT2D eigenvalue weighted by Crippen LogP contribution is 2.32. The SMILES string of the molecule is NC(=O)c1ccc(NC(=O)c2ccc(-c3ccccc3)cc2)cc1N(c1ccc(F)cc1)S(=O)[O-]. The average Bonchev–Trinajstić information content (AvgIpc) is 2.86. The number of hydrogen-bond donors (Lipinski definition) is 2. The number of carbonyl (C=O) groups is 2. The molecular formula is C26H19FN3O4S-. The number of nitrogens with zero attached hydrogens (tertiary/aromatic N) is 1. The molecule has 0 heterocycles. The van der Waals surface area contributed by atoms with Crippen LogP contribution < -0.4 is 15.4 Å². The van der Waals surface area contributed by atoms with E-state index in [1.165, 1.54) is 30.3 Å². The Morgan fingerprint density at radius 1 is 0.857 bits per heavy atom. The molecule has 0 aliphatic carbocycles. The van der Waals surface area contributed by atoms with Crippen LogP contribution in [-0.4, -0.2) is 20.6 Å². The molecule has 0 aliphatic heterocycles. The number of primary amides is 1. The maximum absolute atomic E-state index is 13.4. The number of halogens is 1. The fraction of sp³-hybridized carbons (Fsp3) is 0. The number of amides is 2. The van der Waals surface area contributed by atoms with E-state index in [4.69, 9.17) is 5.73 Å². The highest BCUT2D eigenvalue weighted by atomic mass is 32.2. The van der Waals surface area contributed by atoms with Crippen molar-refractivity contribution in [2.75, 3.05) is 9.62 Å². The van der Waals surface area contributed by atoms with Crippen LogP contribution in [0.4, 0.5) is 21.5 Å². The summed E-state index contributed by atoms with van der Waals surface area (Å²) < 4.78 is 38.3. The molecule has 1 unspecified atom stereocenters. The number of hydrogen-bond acceptors (Lipinski definition) is 4. The first-order valence-electron chi connectivity index (χ1n) is 10.4. The molecule has 0 bridgehead atoms. The summed E-state index contributed by atoms with van der Waals surface area (Å²) >= 11 is -2.88. The second-order valence-electron chi connectivity index (χ2n) is 7.48. The predicted octanol–water partition coefficient (Wildman–Crippen LogP) is 4.78. The standard InChI is InChI=1S/C26H20FN3O4S/c27-20-10-13-22(14-11-20)30(35(33)34)24-16-21(12-15-23(24)25(28)31)29-26(32)19-8-6-18(7-9-19)17-4-2-1-3-5-17/h1-16H,(H2,28,31)(H,29,32)(H,33,34)/p-1. The van der Waals surface area contributed by atoms with Crippen molar-refractivity contribution in [1.29, 1.82) is 0 Å². The zero-order chi connectivity index (χ0) is 24.9. The molecule has 4 aromatic rings. The van der Waals surface area contributed by atoms with Gasteiger partial charge in [-0.2, -0.15) is 0 Å². The Morgan fingerprint density at radius 3 is 2.09 bits per heavy atom. The van der Waals surface area contributed by atoms with Gasteiger partial charge in [-0.05, 0) is 65.7 Å². The molecule has 0 aromatic heterocycles. The Morgan fingerprint density at radius 2 is 1.49 bits per heavy atom. The molecule has 0 aliphatic rings. The number of benzene rings is 4. The van der Waals surface area contributed by atoms with E-state index in [1.54, 1.807) is 12.1 Å². The number of carbonyl (C=O) groups excluding carboxylic acids is 2. The molecule has 35 heavy (non-hydrogen) atoms. The maximum atomic E-state index is 13.4. The van der Waals surface area contributed by atoms with E-state index in [9.17, 15) is 22.7 Å². The van der Waals surface area contributed by atoms with E-state index in [-0.39, 0.29) is 22.6 Å². The minimum Gasteiger partial charge on any atom is -0.755 e. The summed E-state index contributed by atoms with van der Waals surface area (Å²) in [7, 11) is 0. The van der Waals surface area contributed by atoms with E-state index in [0.717, 1.165) is 27.6 Å². The summed E-state index contributed by atoms with van der Waals surface area (Å²) in [6.45, 7) is 0. The van der Waals surface area contributed by atoms with Gasteiger partial charge >= 0.3 is 0 Å². The molecule has 4 rings (SSSR count). The second kappa shape index (κ2) is 10.3. The number of rotatable bonds is 7. The molecule has 2 amide bonds. The topological polar surface area (TPSA) is 116 Å². The van der Waals surface area contributed by atoms with Gasteiger partial charge in [-0.25, -0.2) is 4.39 Å². The largest absolute Gasteiger partial charge is 0.755 e. The Hall–Kier alpha value is -4.34. The molecule has 9 heteroatoms. The molecular weight excluding hydrogens is 469 g/mol.